The highest BCUT2D eigenvalue weighted by molar-refractivity contribution is 6.31. The molecule has 1 aromatic heterocycles. The molecule has 94 valence electrons. The number of carboxylic acids is 1. The lowest BCUT2D eigenvalue weighted by Gasteiger charge is -2.08. The average Bonchev–Trinajstić information content (AvgIpc) is 2.72. The van der Waals surface area contributed by atoms with Gasteiger partial charge < -0.3 is 14.9 Å². The molecule has 0 aliphatic carbocycles. The summed E-state index contributed by atoms with van der Waals surface area (Å²) in [6, 6.07) is 6.33. The third kappa shape index (κ3) is 2.81. The molecule has 0 aliphatic heterocycles. The third-order valence-electron chi connectivity index (χ3n) is 2.34. The van der Waals surface area contributed by atoms with Gasteiger partial charge in [0.2, 0.25) is 0 Å². The highest BCUT2D eigenvalue weighted by Crippen LogP contribution is 2.21. The van der Waals surface area contributed by atoms with Crippen molar-refractivity contribution in [2.45, 2.75) is 13.5 Å². The predicted molar refractivity (Wildman–Crippen MR) is 67.0 cm³/mol. The van der Waals surface area contributed by atoms with Crippen molar-refractivity contribution in [2.24, 2.45) is 0 Å². The molecule has 0 saturated heterocycles. The molecule has 2 aromatic rings. The maximum Gasteiger partial charge on any atom is 0.337 e. The van der Waals surface area contributed by atoms with E-state index in [1.54, 1.807) is 12.1 Å². The molecule has 0 spiro atoms. The van der Waals surface area contributed by atoms with Gasteiger partial charge in [-0.25, -0.2) is 4.79 Å². The Bertz CT molecular complexity index is 580. The van der Waals surface area contributed by atoms with Crippen LogP contribution in [0.5, 0.6) is 0 Å². The summed E-state index contributed by atoms with van der Waals surface area (Å²) < 4.78 is 5.02. The van der Waals surface area contributed by atoms with Crippen molar-refractivity contribution in [3.63, 3.8) is 0 Å². The molecule has 2 N–H and O–H groups in total. The smallest absolute Gasteiger partial charge is 0.337 e. The molecule has 0 saturated carbocycles. The van der Waals surface area contributed by atoms with Crippen LogP contribution in [-0.2, 0) is 6.54 Å². The van der Waals surface area contributed by atoms with E-state index in [1.165, 1.54) is 12.1 Å². The van der Waals surface area contributed by atoms with Gasteiger partial charge in [0, 0.05) is 11.1 Å². The fourth-order valence-corrected chi connectivity index (χ4v) is 1.70. The van der Waals surface area contributed by atoms with Crippen molar-refractivity contribution < 1.29 is 14.4 Å². The van der Waals surface area contributed by atoms with Crippen molar-refractivity contribution in [1.82, 2.24) is 5.16 Å². The van der Waals surface area contributed by atoms with Crippen LogP contribution in [0.3, 0.4) is 0 Å². The fourth-order valence-electron chi connectivity index (χ4n) is 1.53. The topological polar surface area (TPSA) is 75.4 Å². The number of benzene rings is 1. The minimum absolute atomic E-state index is 0.163. The molecule has 0 amide bonds. The maximum absolute atomic E-state index is 11.0. The van der Waals surface area contributed by atoms with Crippen LogP contribution in [0.4, 0.5) is 5.69 Å². The first kappa shape index (κ1) is 12.4. The summed E-state index contributed by atoms with van der Waals surface area (Å²) in [7, 11) is 0. The van der Waals surface area contributed by atoms with E-state index in [-0.39, 0.29) is 5.56 Å². The van der Waals surface area contributed by atoms with Gasteiger partial charge >= 0.3 is 5.97 Å². The van der Waals surface area contributed by atoms with E-state index >= 15 is 0 Å². The van der Waals surface area contributed by atoms with E-state index in [9.17, 15) is 4.79 Å². The highest BCUT2D eigenvalue weighted by atomic mass is 35.5. The van der Waals surface area contributed by atoms with Gasteiger partial charge in [0.25, 0.3) is 0 Å². The van der Waals surface area contributed by atoms with E-state index in [2.05, 4.69) is 10.5 Å². The number of nitrogens with one attached hydrogen (secondary N) is 1. The lowest BCUT2D eigenvalue weighted by Crippen LogP contribution is -2.05. The molecule has 0 aliphatic rings. The number of aromatic carboxylic acids is 1. The lowest BCUT2D eigenvalue weighted by atomic mass is 10.2. The second kappa shape index (κ2) is 5.10. The van der Waals surface area contributed by atoms with Crippen LogP contribution in [0.25, 0.3) is 0 Å². The van der Waals surface area contributed by atoms with E-state index in [4.69, 9.17) is 21.2 Å². The highest BCUT2D eigenvalue weighted by Gasteiger charge is 2.11. The van der Waals surface area contributed by atoms with Crippen molar-refractivity contribution in [1.29, 1.82) is 0 Å². The standard InChI is InChI=1S/C12H11ClN2O3/c1-7-4-9(18-15-7)6-14-11-5-8(13)2-3-10(11)12(16)17/h2-5,14H,6H2,1H3,(H,16,17). The molecule has 0 fully saturated rings. The number of carboxylic acid groups (broad SMARTS) is 1. The Balaban J connectivity index is 2.17. The Labute approximate surface area is 108 Å². The van der Waals surface area contributed by atoms with Gasteiger partial charge in [0.15, 0.2) is 5.76 Å². The first-order valence-electron chi connectivity index (χ1n) is 5.25. The first-order valence-corrected chi connectivity index (χ1v) is 5.63. The summed E-state index contributed by atoms with van der Waals surface area (Å²) in [6.45, 7) is 2.16. The monoisotopic (exact) mass is 266 g/mol. The largest absolute Gasteiger partial charge is 0.478 e. The minimum Gasteiger partial charge on any atom is -0.478 e. The van der Waals surface area contributed by atoms with Crippen LogP contribution in [0.15, 0.2) is 28.8 Å². The summed E-state index contributed by atoms with van der Waals surface area (Å²) in [4.78, 5) is 11.0. The van der Waals surface area contributed by atoms with Gasteiger partial charge in [-0.3, -0.25) is 0 Å². The second-order valence-electron chi connectivity index (χ2n) is 3.78. The number of aromatic nitrogens is 1. The van der Waals surface area contributed by atoms with Gasteiger partial charge in [0.05, 0.1) is 23.5 Å². The lowest BCUT2D eigenvalue weighted by molar-refractivity contribution is 0.0698. The van der Waals surface area contributed by atoms with Gasteiger partial charge in [-0.05, 0) is 25.1 Å². The Morgan fingerprint density at radius 2 is 2.28 bits per heavy atom. The molecule has 0 bridgehead atoms. The number of hydrogen-bond donors (Lipinski definition) is 2. The number of hydrogen-bond acceptors (Lipinski definition) is 4. The number of rotatable bonds is 4. The Kier molecular flexibility index (Phi) is 3.53. The number of carbonyl (C=O) groups is 1. The summed E-state index contributed by atoms with van der Waals surface area (Å²) in [5, 5.41) is 16.2. The zero-order chi connectivity index (χ0) is 13.1. The number of aryl methyl sites for hydroxylation is 1. The molecular formula is C12H11ClN2O3. The quantitative estimate of drug-likeness (QED) is 0.890. The minimum atomic E-state index is -1.01. The normalized spacial score (nSPS) is 10.3. The second-order valence-corrected chi connectivity index (χ2v) is 4.22. The van der Waals surface area contributed by atoms with E-state index in [1.807, 2.05) is 6.92 Å². The first-order chi connectivity index (χ1) is 8.56. The van der Waals surface area contributed by atoms with Gasteiger partial charge in [-0.1, -0.05) is 16.8 Å². The van der Waals surface area contributed by atoms with E-state index in [0.29, 0.717) is 23.0 Å². The molecule has 1 aromatic carbocycles. The Morgan fingerprint density at radius 3 is 2.89 bits per heavy atom. The van der Waals surface area contributed by atoms with Crippen LogP contribution in [0.2, 0.25) is 5.02 Å². The van der Waals surface area contributed by atoms with Gasteiger partial charge in [-0.2, -0.15) is 0 Å². The summed E-state index contributed by atoms with van der Waals surface area (Å²) in [5.41, 5.74) is 1.39. The molecule has 0 radical (unpaired) electrons. The fraction of sp³-hybridized carbons (Fsp3) is 0.167. The van der Waals surface area contributed by atoms with Crippen LogP contribution in [0, 0.1) is 6.92 Å². The van der Waals surface area contributed by atoms with Crippen LogP contribution < -0.4 is 5.32 Å². The summed E-state index contributed by atoms with van der Waals surface area (Å²) >= 11 is 5.84. The van der Waals surface area contributed by atoms with Crippen LogP contribution in [-0.4, -0.2) is 16.2 Å². The van der Waals surface area contributed by atoms with Crippen LogP contribution >= 0.6 is 11.6 Å². The number of anilines is 1. The molecule has 5 nitrogen and oxygen atoms in total. The van der Waals surface area contributed by atoms with Crippen molar-refractivity contribution >= 4 is 23.3 Å². The van der Waals surface area contributed by atoms with E-state index in [0.717, 1.165) is 5.69 Å². The molecule has 2 rings (SSSR count). The molecule has 1 heterocycles. The SMILES string of the molecule is Cc1cc(CNc2cc(Cl)ccc2C(=O)O)on1. The molecular weight excluding hydrogens is 256 g/mol. The van der Waals surface area contributed by atoms with Crippen molar-refractivity contribution in [2.75, 3.05) is 5.32 Å². The summed E-state index contributed by atoms with van der Waals surface area (Å²) in [5.74, 6) is -0.383. The van der Waals surface area contributed by atoms with Crippen LogP contribution in [0.1, 0.15) is 21.8 Å². The predicted octanol–water partition coefficient (Wildman–Crippen LogP) is 2.95. The summed E-state index contributed by atoms with van der Waals surface area (Å²) in [6.07, 6.45) is 0. The van der Waals surface area contributed by atoms with Crippen molar-refractivity contribution in [3.8, 4) is 0 Å². The molecule has 0 unspecified atom stereocenters. The zero-order valence-electron chi connectivity index (χ0n) is 9.61. The Morgan fingerprint density at radius 1 is 1.50 bits per heavy atom. The van der Waals surface area contributed by atoms with E-state index < -0.39 is 5.97 Å². The zero-order valence-corrected chi connectivity index (χ0v) is 10.4. The number of halogens is 1. The number of nitrogens with zero attached hydrogens (tertiary/aromatic N) is 1. The average molecular weight is 267 g/mol. The maximum atomic E-state index is 11.0. The third-order valence-corrected chi connectivity index (χ3v) is 2.58. The molecule has 6 heteroatoms. The molecule has 0 atom stereocenters. The van der Waals surface area contributed by atoms with Gasteiger partial charge in [-0.15, -0.1) is 0 Å². The van der Waals surface area contributed by atoms with Gasteiger partial charge in [0.1, 0.15) is 0 Å². The Hall–Kier alpha value is -2.01. The molecule has 18 heavy (non-hydrogen) atoms. The van der Waals surface area contributed by atoms with Crippen molar-refractivity contribution in [3.05, 3.63) is 46.3 Å².